The van der Waals surface area contributed by atoms with Crippen molar-refractivity contribution in [2.45, 2.75) is 19.4 Å². The number of H-pyrrole nitrogens is 2. The molecular weight excluding hydrogens is 186 g/mol. The zero-order chi connectivity index (χ0) is 10.6. The molecule has 7 nitrogen and oxygen atoms in total. The van der Waals surface area contributed by atoms with Crippen LogP contribution in [0.5, 0.6) is 0 Å². The Morgan fingerprint density at radius 3 is 2.93 bits per heavy atom. The second-order valence-corrected chi connectivity index (χ2v) is 2.76. The van der Waals surface area contributed by atoms with Crippen LogP contribution in [0.1, 0.15) is 13.3 Å². The molecule has 1 aromatic heterocycles. The van der Waals surface area contributed by atoms with E-state index in [1.54, 1.807) is 6.92 Å². The van der Waals surface area contributed by atoms with Crippen LogP contribution in [0, 0.1) is 11.3 Å². The maximum atomic E-state index is 11.1. The molecule has 0 aliphatic heterocycles. The molecule has 3 N–H and O–H groups in total. The van der Waals surface area contributed by atoms with E-state index in [0.29, 0.717) is 0 Å². The molecule has 1 heterocycles. The highest BCUT2D eigenvalue weighted by Gasteiger charge is 2.05. The SMILES string of the molecule is CC(CC#N)Nc1n[nH]c(=O)[nH]c1=O. The number of anilines is 1. The molecule has 0 spiro atoms. The van der Waals surface area contributed by atoms with Gasteiger partial charge in [0.15, 0.2) is 0 Å². The van der Waals surface area contributed by atoms with Crippen LogP contribution in [-0.2, 0) is 0 Å². The Hall–Kier alpha value is -2.10. The van der Waals surface area contributed by atoms with E-state index in [-0.39, 0.29) is 18.3 Å². The average molecular weight is 195 g/mol. The van der Waals surface area contributed by atoms with Crippen molar-refractivity contribution in [2.24, 2.45) is 0 Å². The Bertz CT molecular complexity index is 454. The number of nitriles is 1. The summed E-state index contributed by atoms with van der Waals surface area (Å²) < 4.78 is 0. The van der Waals surface area contributed by atoms with E-state index in [1.807, 2.05) is 11.1 Å². The van der Waals surface area contributed by atoms with Crippen LogP contribution in [0.3, 0.4) is 0 Å². The monoisotopic (exact) mass is 195 g/mol. The summed E-state index contributed by atoms with van der Waals surface area (Å²) in [4.78, 5) is 23.7. The van der Waals surface area contributed by atoms with Crippen molar-refractivity contribution in [3.63, 3.8) is 0 Å². The number of nitrogens with one attached hydrogen (secondary N) is 3. The summed E-state index contributed by atoms with van der Waals surface area (Å²) in [6.45, 7) is 1.73. The summed E-state index contributed by atoms with van der Waals surface area (Å²) in [5.41, 5.74) is -1.26. The molecule has 1 aromatic rings. The van der Waals surface area contributed by atoms with E-state index in [9.17, 15) is 9.59 Å². The normalized spacial score (nSPS) is 11.7. The highest BCUT2D eigenvalue weighted by atomic mass is 16.2. The van der Waals surface area contributed by atoms with Gasteiger partial charge in [0.2, 0.25) is 5.82 Å². The third-order valence-corrected chi connectivity index (χ3v) is 1.49. The lowest BCUT2D eigenvalue weighted by Crippen LogP contribution is -2.29. The van der Waals surface area contributed by atoms with E-state index in [4.69, 9.17) is 5.26 Å². The van der Waals surface area contributed by atoms with Gasteiger partial charge in [-0.15, -0.1) is 5.10 Å². The smallest absolute Gasteiger partial charge is 0.342 e. The van der Waals surface area contributed by atoms with Gasteiger partial charge in [-0.1, -0.05) is 0 Å². The molecule has 7 heteroatoms. The van der Waals surface area contributed by atoms with Crippen LogP contribution >= 0.6 is 0 Å². The molecular formula is C7H9N5O2. The van der Waals surface area contributed by atoms with Gasteiger partial charge in [0, 0.05) is 6.04 Å². The molecule has 1 unspecified atom stereocenters. The average Bonchev–Trinajstić information content (AvgIpc) is 2.10. The zero-order valence-electron chi connectivity index (χ0n) is 7.50. The van der Waals surface area contributed by atoms with Crippen molar-refractivity contribution in [1.82, 2.24) is 15.2 Å². The van der Waals surface area contributed by atoms with Gasteiger partial charge < -0.3 is 5.32 Å². The Labute approximate surface area is 78.8 Å². The Morgan fingerprint density at radius 1 is 1.64 bits per heavy atom. The van der Waals surface area contributed by atoms with Gasteiger partial charge in [-0.3, -0.25) is 9.78 Å². The van der Waals surface area contributed by atoms with Crippen molar-refractivity contribution in [1.29, 1.82) is 5.26 Å². The number of nitrogens with zero attached hydrogens (tertiary/aromatic N) is 2. The van der Waals surface area contributed by atoms with E-state index >= 15 is 0 Å². The van der Waals surface area contributed by atoms with Crippen molar-refractivity contribution in [2.75, 3.05) is 5.32 Å². The molecule has 1 atom stereocenters. The molecule has 0 aliphatic carbocycles. The molecule has 0 aromatic carbocycles. The van der Waals surface area contributed by atoms with Gasteiger partial charge >= 0.3 is 5.69 Å². The van der Waals surface area contributed by atoms with Gasteiger partial charge in [-0.05, 0) is 6.92 Å². The number of rotatable bonds is 3. The van der Waals surface area contributed by atoms with Crippen LogP contribution in [-0.4, -0.2) is 21.2 Å². The molecule has 14 heavy (non-hydrogen) atoms. The van der Waals surface area contributed by atoms with Gasteiger partial charge in [-0.2, -0.15) is 5.26 Å². The largest absolute Gasteiger partial charge is 0.361 e. The predicted octanol–water partition coefficient (Wildman–Crippen LogP) is -0.828. The molecule has 0 fully saturated rings. The van der Waals surface area contributed by atoms with Crippen LogP contribution in [0.15, 0.2) is 9.59 Å². The summed E-state index contributed by atoms with van der Waals surface area (Å²) >= 11 is 0. The highest BCUT2D eigenvalue weighted by Crippen LogP contribution is 1.96. The summed E-state index contributed by atoms with van der Waals surface area (Å²) in [7, 11) is 0. The fourth-order valence-corrected chi connectivity index (χ4v) is 0.867. The summed E-state index contributed by atoms with van der Waals surface area (Å²) in [6, 6.07) is 1.75. The van der Waals surface area contributed by atoms with Gasteiger partial charge in [0.25, 0.3) is 5.56 Å². The third-order valence-electron chi connectivity index (χ3n) is 1.49. The maximum Gasteiger partial charge on any atom is 0.342 e. The number of aromatic nitrogens is 3. The molecule has 0 saturated heterocycles. The lowest BCUT2D eigenvalue weighted by atomic mass is 10.2. The molecule has 0 aliphatic rings. The van der Waals surface area contributed by atoms with Crippen LogP contribution < -0.4 is 16.6 Å². The first-order valence-corrected chi connectivity index (χ1v) is 3.96. The van der Waals surface area contributed by atoms with Gasteiger partial charge in [0.05, 0.1) is 12.5 Å². The molecule has 0 bridgehead atoms. The lowest BCUT2D eigenvalue weighted by molar-refractivity contribution is 0.789. The van der Waals surface area contributed by atoms with Crippen molar-refractivity contribution in [3.05, 3.63) is 20.8 Å². The second kappa shape index (κ2) is 4.23. The third kappa shape index (κ3) is 2.45. The summed E-state index contributed by atoms with van der Waals surface area (Å²) in [5, 5.41) is 16.6. The molecule has 0 amide bonds. The van der Waals surface area contributed by atoms with Crippen molar-refractivity contribution in [3.8, 4) is 6.07 Å². The molecule has 74 valence electrons. The first-order chi connectivity index (χ1) is 6.63. The maximum absolute atomic E-state index is 11.1. The van der Waals surface area contributed by atoms with Crippen molar-refractivity contribution < 1.29 is 0 Å². The minimum atomic E-state index is -0.659. The Balaban J connectivity index is 2.83. The molecule has 0 radical (unpaired) electrons. The lowest BCUT2D eigenvalue weighted by Gasteiger charge is -2.08. The molecule has 0 saturated carbocycles. The van der Waals surface area contributed by atoms with Gasteiger partial charge in [-0.25, -0.2) is 9.89 Å². The number of hydrogen-bond acceptors (Lipinski definition) is 5. The summed E-state index contributed by atoms with van der Waals surface area (Å²) in [6.07, 6.45) is 0.250. The van der Waals surface area contributed by atoms with Crippen LogP contribution in [0.25, 0.3) is 0 Å². The number of aromatic amines is 2. The predicted molar refractivity (Wildman–Crippen MR) is 48.8 cm³/mol. The minimum Gasteiger partial charge on any atom is -0.361 e. The quantitative estimate of drug-likeness (QED) is 0.582. The van der Waals surface area contributed by atoms with Crippen molar-refractivity contribution >= 4 is 5.82 Å². The summed E-state index contributed by atoms with van der Waals surface area (Å²) in [5.74, 6) is 0.00681. The van der Waals surface area contributed by atoms with E-state index < -0.39 is 11.2 Å². The zero-order valence-corrected chi connectivity index (χ0v) is 7.50. The Morgan fingerprint density at radius 2 is 2.36 bits per heavy atom. The molecule has 1 rings (SSSR count). The highest BCUT2D eigenvalue weighted by molar-refractivity contribution is 5.30. The first-order valence-electron chi connectivity index (χ1n) is 3.96. The van der Waals surface area contributed by atoms with Crippen LogP contribution in [0.2, 0.25) is 0 Å². The fourth-order valence-electron chi connectivity index (χ4n) is 0.867. The minimum absolute atomic E-state index is 0.00681. The van der Waals surface area contributed by atoms with E-state index in [2.05, 4.69) is 15.5 Å². The van der Waals surface area contributed by atoms with E-state index in [1.165, 1.54) is 0 Å². The number of hydrogen-bond donors (Lipinski definition) is 3. The van der Waals surface area contributed by atoms with E-state index in [0.717, 1.165) is 0 Å². The standard InChI is InChI=1S/C7H9N5O2/c1-4(2-3-8)9-5-6(13)10-7(14)12-11-5/h4H,2H2,1H3,(H,9,11)(H2,10,12,13,14). The fraction of sp³-hybridized carbons (Fsp3) is 0.429. The van der Waals surface area contributed by atoms with Gasteiger partial charge in [0.1, 0.15) is 0 Å². The first kappa shape index (κ1) is 9.98. The topological polar surface area (TPSA) is 114 Å². The van der Waals surface area contributed by atoms with Crippen LogP contribution in [0.4, 0.5) is 5.82 Å². The second-order valence-electron chi connectivity index (χ2n) is 2.76. The Kier molecular flexibility index (Phi) is 3.01.